The molecule has 9 heteroatoms. The lowest BCUT2D eigenvalue weighted by Crippen LogP contribution is -2.24. The van der Waals surface area contributed by atoms with Gasteiger partial charge in [0.05, 0.1) is 16.3 Å². The van der Waals surface area contributed by atoms with Crippen molar-refractivity contribution in [3.8, 4) is 11.5 Å². The number of hydrogen-bond donors (Lipinski definition) is 1. The second-order valence-electron chi connectivity index (χ2n) is 6.68. The minimum atomic E-state index is -0.570. The molecule has 33 heavy (non-hydrogen) atoms. The maximum Gasteiger partial charge on any atom is 0.355 e. The van der Waals surface area contributed by atoms with Crippen LogP contribution in [0.5, 0.6) is 11.5 Å². The van der Waals surface area contributed by atoms with Gasteiger partial charge in [-0.3, -0.25) is 4.79 Å². The van der Waals surface area contributed by atoms with Gasteiger partial charge in [0.1, 0.15) is 16.4 Å². The molecule has 4 aromatic rings. The highest BCUT2D eigenvalue weighted by molar-refractivity contribution is 7.21. The van der Waals surface area contributed by atoms with Gasteiger partial charge in [0, 0.05) is 15.6 Å². The summed E-state index contributed by atoms with van der Waals surface area (Å²) in [6, 6.07) is 21.1. The van der Waals surface area contributed by atoms with E-state index in [1.54, 1.807) is 48.5 Å². The molecular formula is C24H16Cl2N2O4S. The Morgan fingerprint density at radius 1 is 0.939 bits per heavy atom. The molecule has 0 radical (unpaired) electrons. The van der Waals surface area contributed by atoms with E-state index in [-0.39, 0.29) is 12.4 Å². The van der Waals surface area contributed by atoms with Crippen LogP contribution in [0, 0.1) is 0 Å². The third-order valence-corrected chi connectivity index (χ3v) is 6.40. The van der Waals surface area contributed by atoms with E-state index in [4.69, 9.17) is 32.7 Å². The maximum absolute atomic E-state index is 12.7. The summed E-state index contributed by atoms with van der Waals surface area (Å²) in [5.74, 6) is -0.367. The highest BCUT2D eigenvalue weighted by Gasteiger charge is 2.19. The zero-order valence-electron chi connectivity index (χ0n) is 17.0. The molecule has 0 spiro atoms. The number of para-hydroxylation sites is 2. The van der Waals surface area contributed by atoms with Crippen LogP contribution in [0.2, 0.25) is 10.0 Å². The summed E-state index contributed by atoms with van der Waals surface area (Å²) in [5.41, 5.74) is 2.86. The smallest absolute Gasteiger partial charge is 0.355 e. The Hall–Kier alpha value is -3.39. The molecule has 3 aromatic carbocycles. The van der Waals surface area contributed by atoms with Crippen LogP contribution in [-0.4, -0.2) is 24.7 Å². The van der Waals surface area contributed by atoms with Crippen molar-refractivity contribution in [3.63, 3.8) is 0 Å². The monoisotopic (exact) mass is 498 g/mol. The summed E-state index contributed by atoms with van der Waals surface area (Å²) in [6.07, 6.45) is 1.38. The number of carbonyl (C=O) groups is 2. The lowest BCUT2D eigenvalue weighted by atomic mass is 10.2. The van der Waals surface area contributed by atoms with Gasteiger partial charge in [0.15, 0.2) is 6.61 Å². The minimum Gasteiger partial charge on any atom is -0.482 e. The van der Waals surface area contributed by atoms with Crippen LogP contribution < -0.4 is 14.9 Å². The van der Waals surface area contributed by atoms with Crippen molar-refractivity contribution < 1.29 is 19.1 Å². The quantitative estimate of drug-likeness (QED) is 0.147. The second kappa shape index (κ2) is 10.5. The Kier molecular flexibility index (Phi) is 7.24. The van der Waals surface area contributed by atoms with Crippen molar-refractivity contribution in [2.75, 3.05) is 6.61 Å². The van der Waals surface area contributed by atoms with Gasteiger partial charge in [-0.15, -0.1) is 11.3 Å². The van der Waals surface area contributed by atoms with Gasteiger partial charge in [0.25, 0.3) is 5.91 Å². The van der Waals surface area contributed by atoms with Crippen molar-refractivity contribution in [1.29, 1.82) is 0 Å². The van der Waals surface area contributed by atoms with Crippen LogP contribution in [0.3, 0.4) is 0 Å². The van der Waals surface area contributed by atoms with Gasteiger partial charge in [-0.25, -0.2) is 10.2 Å². The molecule has 4 rings (SSSR count). The maximum atomic E-state index is 12.7. The summed E-state index contributed by atoms with van der Waals surface area (Å²) >= 11 is 13.6. The summed E-state index contributed by atoms with van der Waals surface area (Å²) in [5, 5.41) is 5.48. The molecule has 0 saturated carbocycles. The number of fused-ring (bicyclic) bond motifs is 1. The molecule has 1 N–H and O–H groups in total. The first-order valence-electron chi connectivity index (χ1n) is 9.70. The van der Waals surface area contributed by atoms with Crippen LogP contribution in [0.4, 0.5) is 0 Å². The highest BCUT2D eigenvalue weighted by Crippen LogP contribution is 2.36. The summed E-state index contributed by atoms with van der Waals surface area (Å²) in [6.45, 7) is -0.262. The Labute approximate surface area is 203 Å². The molecule has 0 unspecified atom stereocenters. The molecule has 0 fully saturated rings. The molecule has 0 aliphatic rings. The van der Waals surface area contributed by atoms with E-state index in [1.807, 2.05) is 24.3 Å². The molecule has 1 heterocycles. The first-order valence-corrected chi connectivity index (χ1v) is 11.3. The number of hydrogen-bond acceptors (Lipinski definition) is 6. The Morgan fingerprint density at radius 2 is 1.64 bits per heavy atom. The van der Waals surface area contributed by atoms with Crippen LogP contribution in [0.25, 0.3) is 10.1 Å². The number of amides is 1. The molecule has 0 aliphatic carbocycles. The Balaban J connectivity index is 1.40. The number of hydrazone groups is 1. The normalized spacial score (nSPS) is 11.0. The van der Waals surface area contributed by atoms with E-state index in [2.05, 4.69) is 10.5 Å². The summed E-state index contributed by atoms with van der Waals surface area (Å²) < 4.78 is 11.8. The fraction of sp³-hybridized carbons (Fsp3) is 0.0417. The van der Waals surface area contributed by atoms with E-state index in [0.717, 1.165) is 10.1 Å². The van der Waals surface area contributed by atoms with Gasteiger partial charge >= 0.3 is 5.97 Å². The fourth-order valence-corrected chi connectivity index (χ4v) is 4.46. The van der Waals surface area contributed by atoms with Crippen molar-refractivity contribution >= 4 is 62.7 Å². The summed E-state index contributed by atoms with van der Waals surface area (Å²) in [4.78, 5) is 25.1. The number of ether oxygens (including phenoxy) is 2. The fourth-order valence-electron chi connectivity index (χ4n) is 2.88. The number of rotatable bonds is 7. The number of esters is 1. The molecule has 0 atom stereocenters. The Bertz CT molecular complexity index is 1350. The van der Waals surface area contributed by atoms with Crippen molar-refractivity contribution in [3.05, 3.63) is 93.3 Å². The largest absolute Gasteiger partial charge is 0.482 e. The van der Waals surface area contributed by atoms with Crippen LogP contribution in [0.1, 0.15) is 15.2 Å². The standard InChI is InChI=1S/C24H16Cl2N2O4S/c25-17-9-3-5-11-19(17)31-14-21(29)28-27-13-15-7-1-4-10-18(15)32-24(30)23-22(26)16-8-2-6-12-20(16)33-23/h1-13H,14H2,(H,28,29)/b27-13+. The lowest BCUT2D eigenvalue weighted by molar-refractivity contribution is -0.123. The van der Waals surface area contributed by atoms with Crippen LogP contribution in [-0.2, 0) is 4.79 Å². The lowest BCUT2D eigenvalue weighted by Gasteiger charge is -2.07. The minimum absolute atomic E-state index is 0.262. The van der Waals surface area contributed by atoms with Gasteiger partial charge < -0.3 is 9.47 Å². The first-order chi connectivity index (χ1) is 16.0. The van der Waals surface area contributed by atoms with Gasteiger partial charge in [-0.2, -0.15) is 5.10 Å². The number of halogens is 2. The zero-order valence-corrected chi connectivity index (χ0v) is 19.3. The van der Waals surface area contributed by atoms with Crippen LogP contribution >= 0.6 is 34.5 Å². The van der Waals surface area contributed by atoms with Gasteiger partial charge in [-0.05, 0) is 30.3 Å². The van der Waals surface area contributed by atoms with Crippen LogP contribution in [0.15, 0.2) is 77.9 Å². The number of thiophene rings is 1. The second-order valence-corrected chi connectivity index (χ2v) is 8.52. The average molecular weight is 499 g/mol. The SMILES string of the molecule is O=C(COc1ccccc1Cl)N/N=C/c1ccccc1OC(=O)c1sc2ccccc2c1Cl. The van der Waals surface area contributed by atoms with Gasteiger partial charge in [-0.1, -0.05) is 65.7 Å². The highest BCUT2D eigenvalue weighted by atomic mass is 35.5. The zero-order chi connectivity index (χ0) is 23.2. The molecule has 0 aliphatic heterocycles. The number of nitrogens with one attached hydrogen (secondary N) is 1. The third kappa shape index (κ3) is 5.51. The van der Waals surface area contributed by atoms with Crippen molar-refractivity contribution in [1.82, 2.24) is 5.43 Å². The molecule has 1 aromatic heterocycles. The molecular weight excluding hydrogens is 483 g/mol. The first kappa shape index (κ1) is 22.8. The molecule has 0 saturated heterocycles. The van der Waals surface area contributed by atoms with Gasteiger partial charge in [0.2, 0.25) is 0 Å². The molecule has 1 amide bonds. The van der Waals surface area contributed by atoms with E-state index in [9.17, 15) is 9.59 Å². The average Bonchev–Trinajstić information content (AvgIpc) is 3.16. The number of carbonyl (C=O) groups excluding carboxylic acids is 2. The van der Waals surface area contributed by atoms with E-state index in [0.29, 0.717) is 26.2 Å². The third-order valence-electron chi connectivity index (χ3n) is 4.43. The van der Waals surface area contributed by atoms with Crippen molar-refractivity contribution in [2.45, 2.75) is 0 Å². The predicted molar refractivity (Wildman–Crippen MR) is 131 cm³/mol. The topological polar surface area (TPSA) is 77.0 Å². The Morgan fingerprint density at radius 3 is 2.42 bits per heavy atom. The van der Waals surface area contributed by atoms with E-state index >= 15 is 0 Å². The molecule has 6 nitrogen and oxygen atoms in total. The molecule has 0 bridgehead atoms. The molecule has 166 valence electrons. The van der Waals surface area contributed by atoms with Crippen molar-refractivity contribution in [2.24, 2.45) is 5.10 Å². The number of benzene rings is 3. The van der Waals surface area contributed by atoms with E-state index < -0.39 is 11.9 Å². The number of nitrogens with zero attached hydrogens (tertiary/aromatic N) is 1. The summed E-state index contributed by atoms with van der Waals surface area (Å²) in [7, 11) is 0. The van der Waals surface area contributed by atoms with E-state index in [1.165, 1.54) is 17.6 Å². The predicted octanol–water partition coefficient (Wildman–Crippen LogP) is 5.96.